The maximum absolute atomic E-state index is 14.5. The summed E-state index contributed by atoms with van der Waals surface area (Å²) in [5, 5.41) is 0.182. The van der Waals surface area contributed by atoms with Crippen LogP contribution in [0.15, 0.2) is 65.6 Å². The van der Waals surface area contributed by atoms with Crippen LogP contribution in [0.4, 0.5) is 23.2 Å². The third-order valence-corrected chi connectivity index (χ3v) is 9.06. The molecule has 4 rings (SSSR count). The summed E-state index contributed by atoms with van der Waals surface area (Å²) in [6.07, 6.45) is -2.64. The van der Waals surface area contributed by atoms with Crippen LogP contribution in [-0.4, -0.2) is 42.3 Å². The minimum atomic E-state index is -4.76. The quantitative estimate of drug-likeness (QED) is 0.110. The molecule has 226 valence electrons. The minimum Gasteiger partial charge on any atom is -0.486 e. The van der Waals surface area contributed by atoms with Crippen molar-refractivity contribution in [2.45, 2.75) is 36.9 Å². The number of ether oxygens (including phenoxy) is 1. The molecule has 0 aliphatic carbocycles. The van der Waals surface area contributed by atoms with Crippen LogP contribution in [0.1, 0.15) is 36.5 Å². The summed E-state index contributed by atoms with van der Waals surface area (Å²) < 4.78 is 117. The molecule has 3 aromatic rings. The molecule has 0 radical (unpaired) electrons. The van der Waals surface area contributed by atoms with Crippen LogP contribution in [-0.2, 0) is 30.5 Å². The second-order valence-corrected chi connectivity index (χ2v) is 13.5. The Morgan fingerprint density at radius 1 is 1.10 bits per heavy atom. The Morgan fingerprint density at radius 3 is 2.48 bits per heavy atom. The van der Waals surface area contributed by atoms with Gasteiger partial charge in [0.1, 0.15) is 17.7 Å². The number of alkyl halides is 3. The van der Waals surface area contributed by atoms with E-state index in [9.17, 15) is 34.4 Å². The number of anilines is 1. The predicted molar refractivity (Wildman–Crippen MR) is 152 cm³/mol. The smallest absolute Gasteiger partial charge is 0.416 e. The van der Waals surface area contributed by atoms with E-state index in [1.165, 1.54) is 30.3 Å². The highest BCUT2D eigenvalue weighted by Crippen LogP contribution is 2.40. The molecule has 14 heteroatoms. The number of sulfonamides is 1. The molecule has 0 spiro atoms. The lowest BCUT2D eigenvalue weighted by atomic mass is 10.0. The van der Waals surface area contributed by atoms with Gasteiger partial charge in [-0.2, -0.15) is 21.6 Å². The van der Waals surface area contributed by atoms with Gasteiger partial charge in [0, 0.05) is 5.56 Å². The molecule has 1 aliphatic rings. The average Bonchev–Trinajstić information content (AvgIpc) is 2.89. The number of halogens is 5. The Morgan fingerprint density at radius 2 is 1.81 bits per heavy atom. The first-order valence-electron chi connectivity index (χ1n) is 12.5. The Hall–Kier alpha value is -3.13. The van der Waals surface area contributed by atoms with Gasteiger partial charge in [0.2, 0.25) is 0 Å². The zero-order valence-corrected chi connectivity index (χ0v) is 24.7. The maximum atomic E-state index is 14.5. The second-order valence-electron chi connectivity index (χ2n) is 9.62. The fourth-order valence-electron chi connectivity index (χ4n) is 4.47. The van der Waals surface area contributed by atoms with E-state index >= 15 is 0 Å². The lowest BCUT2D eigenvalue weighted by Crippen LogP contribution is -2.43. The highest BCUT2D eigenvalue weighted by Gasteiger charge is 2.37. The van der Waals surface area contributed by atoms with Gasteiger partial charge in [-0.25, -0.2) is 12.8 Å². The van der Waals surface area contributed by atoms with Crippen molar-refractivity contribution in [2.75, 3.05) is 23.7 Å². The minimum absolute atomic E-state index is 0.0669. The summed E-state index contributed by atoms with van der Waals surface area (Å²) in [6.45, 7) is 1.20. The summed E-state index contributed by atoms with van der Waals surface area (Å²) in [7, 11) is -8.21. The van der Waals surface area contributed by atoms with Gasteiger partial charge >= 0.3 is 6.18 Å². The number of hydrogen-bond acceptors (Lipinski definition) is 6. The zero-order valence-electron chi connectivity index (χ0n) is 22.4. The van der Waals surface area contributed by atoms with E-state index in [0.717, 1.165) is 28.8 Å². The standard InChI is InChI=1S/C28H26ClF4NO6S2/c1-18(27-23(29)9-4-10-24(27)30)14-19-11-12-26-25(15-19)34(17-21(40-26)7-5-13-39-41(2,35)36)42(37,38)22-8-3-6-20(16-22)28(31,32)33/h3-4,6,8-12,14-16,21H,5,7,13,17H2,1-2H3/t21-/m0/s1. The van der Waals surface area contributed by atoms with Crippen molar-refractivity contribution < 1.29 is 43.3 Å². The van der Waals surface area contributed by atoms with E-state index in [4.69, 9.17) is 20.5 Å². The third kappa shape index (κ3) is 7.44. The average molecular weight is 648 g/mol. The van der Waals surface area contributed by atoms with Crippen LogP contribution < -0.4 is 9.04 Å². The van der Waals surface area contributed by atoms with Gasteiger partial charge in [0.05, 0.1) is 40.6 Å². The summed E-state index contributed by atoms with van der Waals surface area (Å²) >= 11 is 6.18. The number of fused-ring (bicyclic) bond motifs is 1. The van der Waals surface area contributed by atoms with E-state index in [0.29, 0.717) is 17.2 Å². The molecule has 0 saturated heterocycles. The Bertz CT molecular complexity index is 1710. The van der Waals surface area contributed by atoms with Crippen LogP contribution in [0, 0.1) is 5.82 Å². The van der Waals surface area contributed by atoms with Crippen LogP contribution in [0.5, 0.6) is 5.75 Å². The van der Waals surface area contributed by atoms with Crippen LogP contribution in [0.25, 0.3) is 11.6 Å². The molecular weight excluding hydrogens is 622 g/mol. The van der Waals surface area contributed by atoms with Gasteiger partial charge < -0.3 is 4.74 Å². The maximum Gasteiger partial charge on any atom is 0.416 e. The molecule has 0 bridgehead atoms. The van der Waals surface area contributed by atoms with E-state index in [1.807, 2.05) is 0 Å². The Labute approximate surface area is 246 Å². The van der Waals surface area contributed by atoms with Crippen LogP contribution >= 0.6 is 11.6 Å². The molecule has 1 heterocycles. The van der Waals surface area contributed by atoms with Gasteiger partial charge in [-0.05, 0) is 73.4 Å². The molecule has 0 saturated carbocycles. The van der Waals surface area contributed by atoms with Crippen molar-refractivity contribution in [3.8, 4) is 5.75 Å². The van der Waals surface area contributed by atoms with Crippen LogP contribution in [0.3, 0.4) is 0 Å². The van der Waals surface area contributed by atoms with Gasteiger partial charge in [-0.15, -0.1) is 0 Å². The van der Waals surface area contributed by atoms with Gasteiger partial charge in [0.15, 0.2) is 0 Å². The van der Waals surface area contributed by atoms with E-state index in [1.54, 1.807) is 19.1 Å². The van der Waals surface area contributed by atoms with Crippen molar-refractivity contribution in [2.24, 2.45) is 0 Å². The molecule has 1 atom stereocenters. The number of benzene rings is 3. The second kappa shape index (κ2) is 12.2. The normalized spacial score (nSPS) is 16.2. The molecule has 0 unspecified atom stereocenters. The molecule has 7 nitrogen and oxygen atoms in total. The lowest BCUT2D eigenvalue weighted by molar-refractivity contribution is -0.137. The topological polar surface area (TPSA) is 90.0 Å². The molecule has 1 aliphatic heterocycles. The number of rotatable bonds is 9. The van der Waals surface area contributed by atoms with Crippen LogP contribution in [0.2, 0.25) is 5.02 Å². The van der Waals surface area contributed by atoms with Gasteiger partial charge in [-0.1, -0.05) is 35.9 Å². The van der Waals surface area contributed by atoms with E-state index in [2.05, 4.69) is 0 Å². The monoisotopic (exact) mass is 647 g/mol. The van der Waals surface area contributed by atoms with Crippen molar-refractivity contribution in [3.63, 3.8) is 0 Å². The van der Waals surface area contributed by atoms with Gasteiger partial charge in [-0.3, -0.25) is 8.49 Å². The molecule has 42 heavy (non-hydrogen) atoms. The fourth-order valence-corrected chi connectivity index (χ4v) is 6.75. The Balaban J connectivity index is 1.74. The number of allylic oxidation sites excluding steroid dienone is 1. The molecule has 0 amide bonds. The molecule has 0 fully saturated rings. The predicted octanol–water partition coefficient (Wildman–Crippen LogP) is 6.77. The zero-order chi connectivity index (χ0) is 30.9. The number of hydrogen-bond donors (Lipinski definition) is 0. The van der Waals surface area contributed by atoms with E-state index < -0.39 is 48.7 Å². The highest BCUT2D eigenvalue weighted by atomic mass is 35.5. The van der Waals surface area contributed by atoms with Gasteiger partial charge in [0.25, 0.3) is 20.1 Å². The molecule has 3 aromatic carbocycles. The molecule has 0 N–H and O–H groups in total. The van der Waals surface area contributed by atoms with Crippen molar-refractivity contribution in [1.29, 1.82) is 0 Å². The Kier molecular flexibility index (Phi) is 9.26. The summed E-state index contributed by atoms with van der Waals surface area (Å²) in [5.74, 6) is -0.404. The largest absolute Gasteiger partial charge is 0.486 e. The first-order chi connectivity index (χ1) is 19.6. The first-order valence-corrected chi connectivity index (χ1v) is 16.2. The molecular formula is C28H26ClF4NO6S2. The fraction of sp³-hybridized carbons (Fsp3) is 0.286. The summed E-state index contributed by atoms with van der Waals surface area (Å²) in [5.41, 5.74) is 0.0139. The molecule has 0 aromatic heterocycles. The number of nitrogens with zero attached hydrogens (tertiary/aromatic N) is 1. The highest BCUT2D eigenvalue weighted by molar-refractivity contribution is 7.92. The third-order valence-electron chi connectivity index (χ3n) is 6.37. The lowest BCUT2D eigenvalue weighted by Gasteiger charge is -2.36. The SMILES string of the molecule is CC(=Cc1ccc2c(c1)N(S(=O)(=O)c1cccc(C(F)(F)F)c1)C[C@H](CCCOS(C)(=O)=O)O2)c1c(F)cccc1Cl. The van der Waals surface area contributed by atoms with Crippen molar-refractivity contribution in [3.05, 3.63) is 88.2 Å². The summed E-state index contributed by atoms with van der Waals surface area (Å²) in [6, 6.07) is 12.3. The first kappa shape index (κ1) is 31.8. The summed E-state index contributed by atoms with van der Waals surface area (Å²) in [4.78, 5) is -0.570. The van der Waals surface area contributed by atoms with Crippen molar-refractivity contribution >= 4 is 49.1 Å². The van der Waals surface area contributed by atoms with E-state index in [-0.39, 0.29) is 48.0 Å². The van der Waals surface area contributed by atoms with Crippen molar-refractivity contribution in [1.82, 2.24) is 0 Å².